The molecule has 1 aromatic heterocycles. The van der Waals surface area contributed by atoms with E-state index in [-0.39, 0.29) is 6.61 Å². The molecule has 1 saturated carbocycles. The first-order valence-corrected chi connectivity index (χ1v) is 7.24. The van der Waals surface area contributed by atoms with Crippen molar-refractivity contribution in [3.05, 3.63) is 24.0 Å². The minimum Gasteiger partial charge on any atom is -0.392 e. The molecule has 0 spiro atoms. The molecule has 104 valence electrons. The second-order valence-electron chi connectivity index (χ2n) is 5.90. The van der Waals surface area contributed by atoms with Crippen LogP contribution in [0.15, 0.2) is 18.5 Å². The van der Waals surface area contributed by atoms with E-state index in [4.69, 9.17) is 0 Å². The standard InChI is InChI=1S/C15H22N2O2/c18-11-12-9-16-7-4-14(12)17-8-6-15(19)5-2-1-3-13(15)10-17/h4,7,9,13,18-19H,1-3,5-6,8,10-11H2. The SMILES string of the molecule is OCc1cnccc1N1CCC2(O)CCCCC2C1. The number of aromatic nitrogens is 1. The number of aliphatic hydroxyl groups is 2. The van der Waals surface area contributed by atoms with Gasteiger partial charge < -0.3 is 15.1 Å². The van der Waals surface area contributed by atoms with E-state index in [1.807, 2.05) is 6.07 Å². The predicted molar refractivity (Wildman–Crippen MR) is 73.9 cm³/mol. The van der Waals surface area contributed by atoms with Gasteiger partial charge in [0.2, 0.25) is 0 Å². The zero-order valence-corrected chi connectivity index (χ0v) is 11.3. The Morgan fingerprint density at radius 2 is 2.26 bits per heavy atom. The molecule has 2 heterocycles. The van der Waals surface area contributed by atoms with Crippen LogP contribution in [-0.2, 0) is 6.61 Å². The normalized spacial score (nSPS) is 31.1. The first-order valence-electron chi connectivity index (χ1n) is 7.24. The van der Waals surface area contributed by atoms with Gasteiger partial charge in [-0.2, -0.15) is 0 Å². The second kappa shape index (κ2) is 5.10. The van der Waals surface area contributed by atoms with Gasteiger partial charge in [-0.15, -0.1) is 0 Å². The molecule has 1 aliphatic carbocycles. The highest BCUT2D eigenvalue weighted by Gasteiger charge is 2.42. The summed E-state index contributed by atoms with van der Waals surface area (Å²) in [4.78, 5) is 6.37. The number of anilines is 1. The minimum atomic E-state index is -0.443. The maximum absolute atomic E-state index is 10.7. The van der Waals surface area contributed by atoms with E-state index in [1.165, 1.54) is 6.42 Å². The molecule has 1 aromatic rings. The number of aliphatic hydroxyl groups excluding tert-OH is 1. The van der Waals surface area contributed by atoms with Crippen LogP contribution in [0, 0.1) is 5.92 Å². The Bertz CT molecular complexity index is 452. The Morgan fingerprint density at radius 1 is 1.37 bits per heavy atom. The van der Waals surface area contributed by atoms with Crippen LogP contribution in [0.25, 0.3) is 0 Å². The van der Waals surface area contributed by atoms with Gasteiger partial charge >= 0.3 is 0 Å². The molecule has 19 heavy (non-hydrogen) atoms. The lowest BCUT2D eigenvalue weighted by molar-refractivity contribution is -0.0612. The molecule has 2 fully saturated rings. The number of nitrogens with zero attached hydrogens (tertiary/aromatic N) is 2. The van der Waals surface area contributed by atoms with Crippen molar-refractivity contribution >= 4 is 5.69 Å². The highest BCUT2D eigenvalue weighted by Crippen LogP contribution is 2.41. The van der Waals surface area contributed by atoms with Crippen molar-refractivity contribution < 1.29 is 10.2 Å². The summed E-state index contributed by atoms with van der Waals surface area (Å²) in [5.41, 5.74) is 1.51. The van der Waals surface area contributed by atoms with Crippen molar-refractivity contribution in [2.75, 3.05) is 18.0 Å². The summed E-state index contributed by atoms with van der Waals surface area (Å²) < 4.78 is 0. The molecule has 1 aliphatic heterocycles. The molecule has 4 heteroatoms. The summed E-state index contributed by atoms with van der Waals surface area (Å²) in [5.74, 6) is 0.370. The van der Waals surface area contributed by atoms with Crippen molar-refractivity contribution in [1.82, 2.24) is 4.98 Å². The third-order valence-electron chi connectivity index (χ3n) is 4.82. The van der Waals surface area contributed by atoms with Crippen LogP contribution in [0.3, 0.4) is 0 Å². The summed E-state index contributed by atoms with van der Waals surface area (Å²) in [6.07, 6.45) is 8.80. The molecule has 2 atom stereocenters. The second-order valence-corrected chi connectivity index (χ2v) is 5.90. The maximum Gasteiger partial charge on any atom is 0.0717 e. The topological polar surface area (TPSA) is 56.6 Å². The van der Waals surface area contributed by atoms with Gasteiger partial charge in [0.1, 0.15) is 0 Å². The third kappa shape index (κ3) is 2.35. The number of piperidine rings is 1. The first kappa shape index (κ1) is 12.9. The van der Waals surface area contributed by atoms with Crippen molar-refractivity contribution in [2.24, 2.45) is 5.92 Å². The van der Waals surface area contributed by atoms with Crippen LogP contribution >= 0.6 is 0 Å². The summed E-state index contributed by atoms with van der Waals surface area (Å²) in [5, 5.41) is 20.1. The van der Waals surface area contributed by atoms with Gasteiger partial charge in [-0.1, -0.05) is 12.8 Å². The van der Waals surface area contributed by atoms with Crippen LogP contribution in [0.5, 0.6) is 0 Å². The highest BCUT2D eigenvalue weighted by molar-refractivity contribution is 5.52. The van der Waals surface area contributed by atoms with Crippen LogP contribution in [0.4, 0.5) is 5.69 Å². The molecule has 2 aliphatic rings. The van der Waals surface area contributed by atoms with Crippen molar-refractivity contribution in [3.8, 4) is 0 Å². The summed E-state index contributed by atoms with van der Waals surface area (Å²) in [7, 11) is 0. The van der Waals surface area contributed by atoms with E-state index >= 15 is 0 Å². The smallest absolute Gasteiger partial charge is 0.0717 e. The molecule has 0 bridgehead atoms. The lowest BCUT2D eigenvalue weighted by Gasteiger charge is -2.48. The first-order chi connectivity index (χ1) is 9.23. The number of hydrogen-bond donors (Lipinski definition) is 2. The molecule has 0 radical (unpaired) electrons. The highest BCUT2D eigenvalue weighted by atomic mass is 16.3. The molecular weight excluding hydrogens is 240 g/mol. The summed E-state index contributed by atoms with van der Waals surface area (Å²) in [6.45, 7) is 1.78. The summed E-state index contributed by atoms with van der Waals surface area (Å²) >= 11 is 0. The van der Waals surface area contributed by atoms with Gasteiger partial charge in [0.15, 0.2) is 0 Å². The predicted octanol–water partition coefficient (Wildman–Crippen LogP) is 1.71. The summed E-state index contributed by atoms with van der Waals surface area (Å²) in [6, 6.07) is 1.97. The molecule has 3 rings (SSSR count). The monoisotopic (exact) mass is 262 g/mol. The Kier molecular flexibility index (Phi) is 3.46. The van der Waals surface area contributed by atoms with E-state index in [2.05, 4.69) is 9.88 Å². The van der Waals surface area contributed by atoms with Gasteiger partial charge in [-0.05, 0) is 25.3 Å². The van der Waals surface area contributed by atoms with Crippen LogP contribution in [-0.4, -0.2) is 33.9 Å². The molecule has 2 unspecified atom stereocenters. The Morgan fingerprint density at radius 3 is 3.11 bits per heavy atom. The average Bonchev–Trinajstić information content (AvgIpc) is 2.46. The average molecular weight is 262 g/mol. The van der Waals surface area contributed by atoms with Crippen molar-refractivity contribution in [3.63, 3.8) is 0 Å². The van der Waals surface area contributed by atoms with E-state index in [0.29, 0.717) is 5.92 Å². The van der Waals surface area contributed by atoms with E-state index in [9.17, 15) is 10.2 Å². The fraction of sp³-hybridized carbons (Fsp3) is 0.667. The van der Waals surface area contributed by atoms with Crippen molar-refractivity contribution in [2.45, 2.75) is 44.3 Å². The quantitative estimate of drug-likeness (QED) is 0.852. The largest absolute Gasteiger partial charge is 0.392 e. The molecule has 0 aromatic carbocycles. The molecule has 4 nitrogen and oxygen atoms in total. The van der Waals surface area contributed by atoms with E-state index in [0.717, 1.165) is 50.0 Å². The zero-order valence-electron chi connectivity index (χ0n) is 11.3. The fourth-order valence-corrected chi connectivity index (χ4v) is 3.64. The maximum atomic E-state index is 10.7. The van der Waals surface area contributed by atoms with Crippen LogP contribution in [0.2, 0.25) is 0 Å². The Labute approximate surface area is 114 Å². The van der Waals surface area contributed by atoms with E-state index < -0.39 is 5.60 Å². The van der Waals surface area contributed by atoms with Crippen molar-refractivity contribution in [1.29, 1.82) is 0 Å². The lowest BCUT2D eigenvalue weighted by Crippen LogP contribution is -2.53. The molecule has 1 saturated heterocycles. The lowest BCUT2D eigenvalue weighted by atomic mass is 9.71. The Balaban J connectivity index is 1.81. The molecular formula is C15H22N2O2. The fourth-order valence-electron chi connectivity index (χ4n) is 3.64. The number of rotatable bonds is 2. The third-order valence-corrected chi connectivity index (χ3v) is 4.82. The van der Waals surface area contributed by atoms with Gasteiger partial charge in [0, 0.05) is 42.7 Å². The van der Waals surface area contributed by atoms with Gasteiger partial charge in [-0.3, -0.25) is 4.98 Å². The minimum absolute atomic E-state index is 0.0224. The van der Waals surface area contributed by atoms with E-state index in [1.54, 1.807) is 12.4 Å². The Hall–Kier alpha value is -1.13. The molecule has 0 amide bonds. The number of hydrogen-bond acceptors (Lipinski definition) is 4. The number of fused-ring (bicyclic) bond motifs is 1. The zero-order chi connectivity index (χ0) is 13.3. The van der Waals surface area contributed by atoms with Crippen LogP contribution < -0.4 is 4.90 Å². The van der Waals surface area contributed by atoms with Gasteiger partial charge in [0.25, 0.3) is 0 Å². The molecule has 2 N–H and O–H groups in total. The number of pyridine rings is 1. The van der Waals surface area contributed by atoms with Gasteiger partial charge in [-0.25, -0.2) is 0 Å². The van der Waals surface area contributed by atoms with Crippen LogP contribution in [0.1, 0.15) is 37.7 Å². The van der Waals surface area contributed by atoms with Gasteiger partial charge in [0.05, 0.1) is 12.2 Å².